The third-order valence-electron chi connectivity index (χ3n) is 7.29. The standard InChI is InChI=1S/C25H32F3N3O4S2/c1-24(33,25(26,27)28)18-8-10-19(11-9-18)31-14-13-30(37(34,35)23-7-3-2-6-22(23)36)16-20(31)15-29-12-4-5-21(32)17-29/h2-3,7-11,20-21,32-33H,4-6,12-17H2,1H3/t20-,21-,24+/m0/s1. The number of allylic oxidation sites excluding steroid dienone is 4. The Hall–Kier alpha value is -1.83. The Morgan fingerprint density at radius 3 is 2.43 bits per heavy atom. The fraction of sp³-hybridized carbons (Fsp3) is 0.560. The maximum absolute atomic E-state index is 13.5. The van der Waals surface area contributed by atoms with Gasteiger partial charge in [-0.2, -0.15) is 17.5 Å². The summed E-state index contributed by atoms with van der Waals surface area (Å²) in [6.07, 6.45) is 1.67. The van der Waals surface area contributed by atoms with Crippen LogP contribution in [0.1, 0.15) is 31.7 Å². The Morgan fingerprint density at radius 1 is 1.11 bits per heavy atom. The van der Waals surface area contributed by atoms with Gasteiger partial charge in [-0.1, -0.05) is 36.5 Å². The Labute approximate surface area is 220 Å². The Bertz CT molecular complexity index is 1170. The number of nitrogens with zero attached hydrogens (tertiary/aromatic N) is 3. The first kappa shape index (κ1) is 28.2. The lowest BCUT2D eigenvalue weighted by molar-refractivity contribution is -0.258. The van der Waals surface area contributed by atoms with Gasteiger partial charge in [-0.15, -0.1) is 0 Å². The first-order valence-corrected chi connectivity index (χ1v) is 14.1. The zero-order valence-electron chi connectivity index (χ0n) is 20.6. The van der Waals surface area contributed by atoms with Gasteiger partial charge in [0, 0.05) is 49.7 Å². The van der Waals surface area contributed by atoms with Crippen LogP contribution in [-0.4, -0.2) is 90.3 Å². The monoisotopic (exact) mass is 559 g/mol. The van der Waals surface area contributed by atoms with Crippen molar-refractivity contribution in [1.29, 1.82) is 0 Å². The first-order valence-electron chi connectivity index (χ1n) is 12.3. The lowest BCUT2D eigenvalue weighted by Crippen LogP contribution is -2.59. The molecule has 0 aromatic heterocycles. The van der Waals surface area contributed by atoms with E-state index in [0.717, 1.165) is 19.9 Å². The van der Waals surface area contributed by atoms with Gasteiger partial charge in [0.25, 0.3) is 0 Å². The number of sulfonamides is 1. The molecule has 0 unspecified atom stereocenters. The van der Waals surface area contributed by atoms with Crippen LogP contribution < -0.4 is 4.90 Å². The number of benzene rings is 1. The summed E-state index contributed by atoms with van der Waals surface area (Å²) in [7, 11) is -3.82. The molecule has 2 heterocycles. The third-order valence-corrected chi connectivity index (χ3v) is 9.75. The highest BCUT2D eigenvalue weighted by Crippen LogP contribution is 2.39. The van der Waals surface area contributed by atoms with Gasteiger partial charge in [0.15, 0.2) is 5.60 Å². The zero-order chi connectivity index (χ0) is 27.0. The van der Waals surface area contributed by atoms with Crippen LogP contribution in [0, 0.1) is 0 Å². The van der Waals surface area contributed by atoms with Crippen LogP contribution in [0.5, 0.6) is 0 Å². The molecule has 1 aliphatic carbocycles. The van der Waals surface area contributed by atoms with E-state index in [4.69, 9.17) is 12.2 Å². The maximum Gasteiger partial charge on any atom is 0.421 e. The molecule has 7 nitrogen and oxygen atoms in total. The Morgan fingerprint density at radius 2 is 1.81 bits per heavy atom. The van der Waals surface area contributed by atoms with Gasteiger partial charge in [-0.25, -0.2) is 8.42 Å². The van der Waals surface area contributed by atoms with Crippen LogP contribution in [0.15, 0.2) is 47.4 Å². The van der Waals surface area contributed by atoms with Gasteiger partial charge >= 0.3 is 6.18 Å². The zero-order valence-corrected chi connectivity index (χ0v) is 22.2. The topological polar surface area (TPSA) is 84.3 Å². The Balaban J connectivity index is 1.60. The lowest BCUT2D eigenvalue weighted by atomic mass is 9.95. The molecule has 0 amide bonds. The van der Waals surface area contributed by atoms with Crippen molar-refractivity contribution < 1.29 is 31.8 Å². The fourth-order valence-electron chi connectivity index (χ4n) is 5.07. The van der Waals surface area contributed by atoms with E-state index >= 15 is 0 Å². The summed E-state index contributed by atoms with van der Waals surface area (Å²) < 4.78 is 68.2. The smallest absolute Gasteiger partial charge is 0.392 e. The second-order valence-electron chi connectivity index (χ2n) is 9.97. The van der Waals surface area contributed by atoms with Gasteiger partial charge in [0.1, 0.15) is 0 Å². The van der Waals surface area contributed by atoms with E-state index in [2.05, 4.69) is 4.90 Å². The van der Waals surface area contributed by atoms with Crippen molar-refractivity contribution in [1.82, 2.24) is 9.21 Å². The van der Waals surface area contributed by atoms with E-state index in [1.54, 1.807) is 6.08 Å². The van der Waals surface area contributed by atoms with E-state index in [0.29, 0.717) is 43.0 Å². The quantitative estimate of drug-likeness (QED) is 0.519. The molecule has 3 atom stereocenters. The number of thiocarbonyl (C=S) groups is 1. The number of hydrogen-bond acceptors (Lipinski definition) is 7. The molecular weight excluding hydrogens is 527 g/mol. The summed E-state index contributed by atoms with van der Waals surface area (Å²) in [6, 6.07) is 5.26. The van der Waals surface area contributed by atoms with E-state index in [1.165, 1.54) is 34.6 Å². The maximum atomic E-state index is 13.5. The molecule has 1 aromatic rings. The molecule has 2 N–H and O–H groups in total. The molecule has 0 bridgehead atoms. The molecular formula is C25H32F3N3O4S2. The van der Waals surface area contributed by atoms with Crippen LogP contribution in [-0.2, 0) is 15.6 Å². The number of hydrogen-bond donors (Lipinski definition) is 2. The van der Waals surface area contributed by atoms with Crippen molar-refractivity contribution in [3.8, 4) is 0 Å². The van der Waals surface area contributed by atoms with E-state index in [1.807, 2.05) is 11.0 Å². The first-order chi connectivity index (χ1) is 17.3. The van der Waals surface area contributed by atoms with Gasteiger partial charge in [0.05, 0.1) is 17.1 Å². The van der Waals surface area contributed by atoms with Gasteiger partial charge in [-0.3, -0.25) is 4.90 Å². The minimum atomic E-state index is -4.82. The number of piperazine rings is 1. The number of aliphatic hydroxyl groups is 2. The average Bonchev–Trinajstić information content (AvgIpc) is 2.83. The molecule has 204 valence electrons. The van der Waals surface area contributed by atoms with Crippen molar-refractivity contribution in [3.05, 3.63) is 53.0 Å². The fourth-order valence-corrected chi connectivity index (χ4v) is 7.14. The molecule has 12 heteroatoms. The molecule has 2 aliphatic heterocycles. The Kier molecular flexibility index (Phi) is 8.18. The summed E-state index contributed by atoms with van der Waals surface area (Å²) in [6.45, 7) is 3.12. The summed E-state index contributed by atoms with van der Waals surface area (Å²) in [5.41, 5.74) is -2.62. The normalized spacial score (nSPS) is 26.2. The van der Waals surface area contributed by atoms with Crippen LogP contribution in [0.4, 0.5) is 18.9 Å². The molecule has 37 heavy (non-hydrogen) atoms. The predicted molar refractivity (Wildman–Crippen MR) is 140 cm³/mol. The van der Waals surface area contributed by atoms with E-state index < -0.39 is 27.9 Å². The molecule has 3 aliphatic rings. The summed E-state index contributed by atoms with van der Waals surface area (Å²) in [5, 5.41) is 20.2. The van der Waals surface area contributed by atoms with Crippen molar-refractivity contribution in [2.45, 2.75) is 50.1 Å². The van der Waals surface area contributed by atoms with Crippen molar-refractivity contribution in [2.75, 3.05) is 44.2 Å². The van der Waals surface area contributed by atoms with Crippen LogP contribution in [0.25, 0.3) is 0 Å². The van der Waals surface area contributed by atoms with Crippen LogP contribution >= 0.6 is 12.2 Å². The number of rotatable bonds is 6. The molecule has 2 fully saturated rings. The second kappa shape index (κ2) is 10.7. The van der Waals surface area contributed by atoms with Gasteiger partial charge in [0.2, 0.25) is 10.0 Å². The summed E-state index contributed by atoms with van der Waals surface area (Å²) in [4.78, 5) is 4.59. The van der Waals surface area contributed by atoms with E-state index in [-0.39, 0.29) is 29.6 Å². The number of halogens is 3. The molecule has 1 aromatic carbocycles. The SMILES string of the molecule is C[C@@](O)(c1ccc(N2CCN(S(=O)(=O)C3=CC=CCC3=S)C[C@@H]2CN2CCC[C@H](O)C2)cc1)C(F)(F)F. The number of likely N-dealkylation sites (tertiary alicyclic amines) is 1. The van der Waals surface area contributed by atoms with Crippen LogP contribution in [0.2, 0.25) is 0 Å². The van der Waals surface area contributed by atoms with Gasteiger partial charge < -0.3 is 15.1 Å². The third kappa shape index (κ3) is 5.94. The van der Waals surface area contributed by atoms with Crippen molar-refractivity contribution >= 4 is 32.8 Å². The molecule has 0 spiro atoms. The second-order valence-corrected chi connectivity index (χ2v) is 12.4. The number of β-amino-alcohol motifs (C(OH)–C–C–N with tert-alkyl or cyclic N) is 1. The number of aliphatic hydroxyl groups excluding tert-OH is 1. The number of anilines is 1. The minimum Gasteiger partial charge on any atom is -0.392 e. The summed E-state index contributed by atoms with van der Waals surface area (Å²) >= 11 is 5.31. The molecule has 0 saturated carbocycles. The van der Waals surface area contributed by atoms with Crippen LogP contribution in [0.3, 0.4) is 0 Å². The number of piperidine rings is 1. The largest absolute Gasteiger partial charge is 0.421 e. The summed E-state index contributed by atoms with van der Waals surface area (Å²) in [5.74, 6) is 0. The highest BCUT2D eigenvalue weighted by atomic mass is 32.2. The van der Waals surface area contributed by atoms with Gasteiger partial charge in [-0.05, 0) is 50.1 Å². The van der Waals surface area contributed by atoms with Crippen molar-refractivity contribution in [3.63, 3.8) is 0 Å². The molecule has 0 radical (unpaired) electrons. The highest BCUT2D eigenvalue weighted by molar-refractivity contribution is 7.96. The molecule has 2 saturated heterocycles. The lowest BCUT2D eigenvalue weighted by Gasteiger charge is -2.45. The minimum absolute atomic E-state index is 0.129. The number of alkyl halides is 3. The highest BCUT2D eigenvalue weighted by Gasteiger charge is 2.51. The average molecular weight is 560 g/mol. The molecule has 4 rings (SSSR count). The predicted octanol–water partition coefficient (Wildman–Crippen LogP) is 2.95. The van der Waals surface area contributed by atoms with E-state index in [9.17, 15) is 31.8 Å². The van der Waals surface area contributed by atoms with Crippen molar-refractivity contribution in [2.24, 2.45) is 0 Å².